The molecule has 1 aliphatic rings. The van der Waals surface area contributed by atoms with Gasteiger partial charge in [0.1, 0.15) is 5.82 Å². The average molecular weight is 270 g/mol. The van der Waals surface area contributed by atoms with Crippen LogP contribution in [0.3, 0.4) is 0 Å². The third-order valence-electron chi connectivity index (χ3n) is 4.24. The molecule has 0 amide bonds. The number of anilines is 1. The van der Waals surface area contributed by atoms with Gasteiger partial charge in [-0.2, -0.15) is 0 Å². The molecule has 0 spiro atoms. The lowest BCUT2D eigenvalue weighted by atomic mass is 9.85. The van der Waals surface area contributed by atoms with Gasteiger partial charge in [-0.1, -0.05) is 25.0 Å². The van der Waals surface area contributed by atoms with E-state index in [0.717, 1.165) is 35.5 Å². The van der Waals surface area contributed by atoms with E-state index in [9.17, 15) is 0 Å². The van der Waals surface area contributed by atoms with Gasteiger partial charge in [-0.3, -0.25) is 0 Å². The van der Waals surface area contributed by atoms with Crippen LogP contribution in [0.25, 0.3) is 11.0 Å². The second kappa shape index (κ2) is 5.75. The van der Waals surface area contributed by atoms with Gasteiger partial charge in [0.25, 0.3) is 0 Å². The summed E-state index contributed by atoms with van der Waals surface area (Å²) in [6.07, 6.45) is 4.93. The Morgan fingerprint density at radius 3 is 2.60 bits per heavy atom. The summed E-state index contributed by atoms with van der Waals surface area (Å²) < 4.78 is 0. The minimum absolute atomic E-state index is 0.324. The van der Waals surface area contributed by atoms with Gasteiger partial charge < -0.3 is 11.1 Å². The van der Waals surface area contributed by atoms with Crippen molar-refractivity contribution in [3.63, 3.8) is 0 Å². The first-order valence-electron chi connectivity index (χ1n) is 7.47. The SMILES string of the molecule is Cc1nc2ccccc2nc1NCC1CCCCC1N. The topological polar surface area (TPSA) is 63.8 Å². The van der Waals surface area contributed by atoms with E-state index in [1.165, 1.54) is 19.3 Å². The zero-order chi connectivity index (χ0) is 13.9. The van der Waals surface area contributed by atoms with Crippen molar-refractivity contribution in [2.24, 2.45) is 11.7 Å². The van der Waals surface area contributed by atoms with E-state index in [0.29, 0.717) is 12.0 Å². The third kappa shape index (κ3) is 2.75. The number of hydrogen-bond acceptors (Lipinski definition) is 4. The molecular formula is C16H22N4. The Kier molecular flexibility index (Phi) is 3.83. The zero-order valence-corrected chi connectivity index (χ0v) is 12.0. The van der Waals surface area contributed by atoms with Gasteiger partial charge in [0, 0.05) is 12.6 Å². The highest BCUT2D eigenvalue weighted by molar-refractivity contribution is 5.76. The number of aryl methyl sites for hydroxylation is 1. The molecule has 1 aromatic carbocycles. The summed E-state index contributed by atoms with van der Waals surface area (Å²) >= 11 is 0. The summed E-state index contributed by atoms with van der Waals surface area (Å²) in [7, 11) is 0. The maximum atomic E-state index is 6.20. The summed E-state index contributed by atoms with van der Waals surface area (Å²) in [5, 5.41) is 3.45. The van der Waals surface area contributed by atoms with Crippen LogP contribution in [0.5, 0.6) is 0 Å². The Labute approximate surface area is 119 Å². The van der Waals surface area contributed by atoms with Crippen molar-refractivity contribution < 1.29 is 0 Å². The van der Waals surface area contributed by atoms with Crippen LogP contribution in [-0.4, -0.2) is 22.6 Å². The van der Waals surface area contributed by atoms with Gasteiger partial charge in [-0.25, -0.2) is 9.97 Å². The van der Waals surface area contributed by atoms with Gasteiger partial charge >= 0.3 is 0 Å². The Morgan fingerprint density at radius 2 is 1.85 bits per heavy atom. The maximum absolute atomic E-state index is 6.20. The van der Waals surface area contributed by atoms with Crippen LogP contribution >= 0.6 is 0 Å². The second-order valence-electron chi connectivity index (χ2n) is 5.74. The van der Waals surface area contributed by atoms with Crippen molar-refractivity contribution in [2.45, 2.75) is 38.6 Å². The minimum atomic E-state index is 0.324. The molecule has 106 valence electrons. The minimum Gasteiger partial charge on any atom is -0.368 e. The molecule has 1 aliphatic carbocycles. The lowest BCUT2D eigenvalue weighted by molar-refractivity contribution is 0.321. The molecule has 3 N–H and O–H groups in total. The first-order chi connectivity index (χ1) is 9.74. The number of para-hydroxylation sites is 2. The lowest BCUT2D eigenvalue weighted by Crippen LogP contribution is -2.37. The predicted molar refractivity (Wildman–Crippen MR) is 82.7 cm³/mol. The molecule has 1 saturated carbocycles. The number of aromatic nitrogens is 2. The number of nitrogens with zero attached hydrogens (tertiary/aromatic N) is 2. The number of fused-ring (bicyclic) bond motifs is 1. The number of nitrogens with one attached hydrogen (secondary N) is 1. The molecule has 2 unspecified atom stereocenters. The Bertz CT molecular complexity index is 596. The monoisotopic (exact) mass is 270 g/mol. The van der Waals surface area contributed by atoms with Crippen LogP contribution in [0.15, 0.2) is 24.3 Å². The summed E-state index contributed by atoms with van der Waals surface area (Å²) in [4.78, 5) is 9.27. The Hall–Kier alpha value is -1.68. The fourth-order valence-electron chi connectivity index (χ4n) is 2.97. The smallest absolute Gasteiger partial charge is 0.148 e. The third-order valence-corrected chi connectivity index (χ3v) is 4.24. The molecule has 0 saturated heterocycles. The Morgan fingerprint density at radius 1 is 1.15 bits per heavy atom. The number of nitrogens with two attached hydrogens (primary N) is 1. The standard InChI is InChI=1S/C16H22N4/c1-11-16(18-10-12-6-2-3-7-13(12)17)20-15-9-5-4-8-14(15)19-11/h4-5,8-9,12-13H,2-3,6-7,10,17H2,1H3,(H,18,20). The van der Waals surface area contributed by atoms with Crippen LogP contribution in [0.2, 0.25) is 0 Å². The highest BCUT2D eigenvalue weighted by atomic mass is 15.0. The van der Waals surface area contributed by atoms with E-state index in [2.05, 4.69) is 15.3 Å². The predicted octanol–water partition coefficient (Wildman–Crippen LogP) is 2.87. The van der Waals surface area contributed by atoms with Crippen molar-refractivity contribution in [3.8, 4) is 0 Å². The summed E-state index contributed by atoms with van der Waals surface area (Å²) in [6, 6.07) is 8.30. The van der Waals surface area contributed by atoms with E-state index in [-0.39, 0.29) is 0 Å². The second-order valence-corrected chi connectivity index (χ2v) is 5.74. The van der Waals surface area contributed by atoms with Gasteiger partial charge in [-0.05, 0) is 37.8 Å². The quantitative estimate of drug-likeness (QED) is 0.900. The highest BCUT2D eigenvalue weighted by Gasteiger charge is 2.21. The largest absolute Gasteiger partial charge is 0.368 e. The molecule has 1 aromatic heterocycles. The molecule has 2 aromatic rings. The zero-order valence-electron chi connectivity index (χ0n) is 12.0. The molecule has 0 aliphatic heterocycles. The number of benzene rings is 1. The highest BCUT2D eigenvalue weighted by Crippen LogP contribution is 2.24. The molecule has 0 radical (unpaired) electrons. The molecular weight excluding hydrogens is 248 g/mol. The molecule has 3 rings (SSSR count). The van der Waals surface area contributed by atoms with Crippen LogP contribution < -0.4 is 11.1 Å². The molecule has 1 fully saturated rings. The molecule has 1 heterocycles. The average Bonchev–Trinajstić information content (AvgIpc) is 2.46. The van der Waals surface area contributed by atoms with E-state index < -0.39 is 0 Å². The molecule has 0 bridgehead atoms. The molecule has 20 heavy (non-hydrogen) atoms. The van der Waals surface area contributed by atoms with Crippen molar-refractivity contribution in [1.29, 1.82) is 0 Å². The number of rotatable bonds is 3. The first kappa shape index (κ1) is 13.3. The first-order valence-corrected chi connectivity index (χ1v) is 7.47. The normalized spacial score (nSPS) is 22.9. The maximum Gasteiger partial charge on any atom is 0.148 e. The van der Waals surface area contributed by atoms with Crippen LogP contribution in [0.4, 0.5) is 5.82 Å². The van der Waals surface area contributed by atoms with Crippen LogP contribution in [-0.2, 0) is 0 Å². The van der Waals surface area contributed by atoms with Crippen molar-refractivity contribution >= 4 is 16.9 Å². The van der Waals surface area contributed by atoms with Gasteiger partial charge in [0.05, 0.1) is 16.7 Å². The molecule has 4 heteroatoms. The lowest BCUT2D eigenvalue weighted by Gasteiger charge is -2.28. The van der Waals surface area contributed by atoms with E-state index in [4.69, 9.17) is 5.73 Å². The van der Waals surface area contributed by atoms with Crippen molar-refractivity contribution in [3.05, 3.63) is 30.0 Å². The number of hydrogen-bond donors (Lipinski definition) is 2. The summed E-state index contributed by atoms with van der Waals surface area (Å²) in [6.45, 7) is 2.90. The fourth-order valence-corrected chi connectivity index (χ4v) is 2.97. The van der Waals surface area contributed by atoms with E-state index >= 15 is 0 Å². The van der Waals surface area contributed by atoms with Gasteiger partial charge in [0.15, 0.2) is 0 Å². The summed E-state index contributed by atoms with van der Waals surface area (Å²) in [5.74, 6) is 1.44. The molecule has 2 atom stereocenters. The van der Waals surface area contributed by atoms with Gasteiger partial charge in [-0.15, -0.1) is 0 Å². The van der Waals surface area contributed by atoms with E-state index in [1.54, 1.807) is 0 Å². The van der Waals surface area contributed by atoms with Crippen LogP contribution in [0.1, 0.15) is 31.4 Å². The van der Waals surface area contributed by atoms with Crippen molar-refractivity contribution in [1.82, 2.24) is 9.97 Å². The van der Waals surface area contributed by atoms with Crippen LogP contribution in [0, 0.1) is 12.8 Å². The molecule has 4 nitrogen and oxygen atoms in total. The fraction of sp³-hybridized carbons (Fsp3) is 0.500. The van der Waals surface area contributed by atoms with E-state index in [1.807, 2.05) is 31.2 Å². The summed E-state index contributed by atoms with van der Waals surface area (Å²) in [5.41, 5.74) is 9.04. The van der Waals surface area contributed by atoms with Gasteiger partial charge in [0.2, 0.25) is 0 Å². The Balaban J connectivity index is 1.75. The van der Waals surface area contributed by atoms with Crippen molar-refractivity contribution in [2.75, 3.05) is 11.9 Å².